The van der Waals surface area contributed by atoms with E-state index in [1.165, 1.54) is 76.3 Å². The maximum absolute atomic E-state index is 13.8. The number of sulfonamides is 1. The Balaban J connectivity index is 1.45. The number of hydrogen-bond donors (Lipinski definition) is 2. The van der Waals surface area contributed by atoms with Gasteiger partial charge in [0.25, 0.3) is 5.91 Å². The predicted molar refractivity (Wildman–Crippen MR) is 135 cm³/mol. The summed E-state index contributed by atoms with van der Waals surface area (Å²) >= 11 is 0. The zero-order chi connectivity index (χ0) is 24.2. The van der Waals surface area contributed by atoms with E-state index in [0.717, 1.165) is 24.8 Å². The molecular formula is C26H40N4O3S. The first-order valence-electron chi connectivity index (χ1n) is 13.1. The number of carbonyl (C=O) groups excluding carboxylic acids is 1. The van der Waals surface area contributed by atoms with Crippen molar-refractivity contribution in [2.45, 2.75) is 100 Å². The summed E-state index contributed by atoms with van der Waals surface area (Å²) in [6, 6.07) is 6.49. The highest BCUT2D eigenvalue weighted by Gasteiger charge is 2.48. The van der Waals surface area contributed by atoms with E-state index in [2.05, 4.69) is 0 Å². The van der Waals surface area contributed by atoms with Gasteiger partial charge in [-0.05, 0) is 55.2 Å². The van der Waals surface area contributed by atoms with Gasteiger partial charge in [0, 0.05) is 6.54 Å². The third-order valence-electron chi connectivity index (χ3n) is 8.17. The highest BCUT2D eigenvalue weighted by molar-refractivity contribution is 7.89. The molecular weight excluding hydrogens is 448 g/mol. The number of amides is 1. The number of nitrogens with zero attached hydrogens (tertiary/aromatic N) is 2. The number of guanidine groups is 1. The van der Waals surface area contributed by atoms with Crippen LogP contribution in [0.4, 0.5) is 0 Å². The minimum Gasteiger partial charge on any atom is -0.369 e. The second-order valence-corrected chi connectivity index (χ2v) is 12.2. The van der Waals surface area contributed by atoms with Gasteiger partial charge in [0.1, 0.15) is 5.54 Å². The van der Waals surface area contributed by atoms with E-state index in [1.807, 2.05) is 0 Å². The monoisotopic (exact) mass is 488 g/mol. The van der Waals surface area contributed by atoms with Crippen LogP contribution in [0.3, 0.4) is 0 Å². The molecule has 0 unspecified atom stereocenters. The van der Waals surface area contributed by atoms with Gasteiger partial charge in [0.05, 0.1) is 4.90 Å². The van der Waals surface area contributed by atoms with Crippen molar-refractivity contribution in [1.29, 1.82) is 0 Å². The zero-order valence-electron chi connectivity index (χ0n) is 20.3. The van der Waals surface area contributed by atoms with Gasteiger partial charge in [-0.1, -0.05) is 76.3 Å². The molecule has 0 radical (unpaired) electrons. The first kappa shape index (κ1) is 25.2. The van der Waals surface area contributed by atoms with Crippen molar-refractivity contribution >= 4 is 21.9 Å². The van der Waals surface area contributed by atoms with Crippen molar-refractivity contribution in [1.82, 2.24) is 4.90 Å². The van der Waals surface area contributed by atoms with Crippen molar-refractivity contribution in [3.63, 3.8) is 0 Å². The van der Waals surface area contributed by atoms with Gasteiger partial charge in [-0.25, -0.2) is 18.5 Å². The van der Waals surface area contributed by atoms with Crippen LogP contribution in [0.5, 0.6) is 0 Å². The Morgan fingerprint density at radius 2 is 1.53 bits per heavy atom. The molecule has 0 bridgehead atoms. The van der Waals surface area contributed by atoms with Crippen LogP contribution in [-0.2, 0) is 21.2 Å². The third kappa shape index (κ3) is 6.00. The lowest BCUT2D eigenvalue weighted by Crippen LogP contribution is -2.46. The predicted octanol–water partition coefficient (Wildman–Crippen LogP) is 4.10. The smallest absolute Gasteiger partial charge is 0.257 e. The molecule has 1 aliphatic heterocycles. The van der Waals surface area contributed by atoms with Crippen LogP contribution < -0.4 is 10.9 Å². The molecule has 0 spiro atoms. The van der Waals surface area contributed by atoms with Gasteiger partial charge in [0.2, 0.25) is 10.0 Å². The van der Waals surface area contributed by atoms with Gasteiger partial charge in [-0.3, -0.25) is 9.69 Å². The van der Waals surface area contributed by atoms with Crippen LogP contribution in [0.25, 0.3) is 0 Å². The molecule has 2 aliphatic carbocycles. The van der Waals surface area contributed by atoms with Gasteiger partial charge in [-0.2, -0.15) is 0 Å². The Morgan fingerprint density at radius 1 is 0.941 bits per heavy atom. The molecule has 0 aromatic heterocycles. The Labute approximate surface area is 204 Å². The summed E-state index contributed by atoms with van der Waals surface area (Å²) in [7, 11) is -3.72. The summed E-state index contributed by atoms with van der Waals surface area (Å²) in [5, 5.41) is 5.19. The molecule has 4 N–H and O–H groups in total. The zero-order valence-corrected chi connectivity index (χ0v) is 21.1. The first-order chi connectivity index (χ1) is 16.3. The molecule has 1 aromatic rings. The van der Waals surface area contributed by atoms with Crippen molar-refractivity contribution in [2.75, 3.05) is 6.54 Å². The molecule has 1 amide bonds. The molecule has 0 saturated heterocycles. The third-order valence-corrected chi connectivity index (χ3v) is 9.10. The van der Waals surface area contributed by atoms with E-state index < -0.39 is 15.6 Å². The lowest BCUT2D eigenvalue weighted by atomic mass is 9.75. The van der Waals surface area contributed by atoms with Gasteiger partial charge in [0.15, 0.2) is 5.96 Å². The molecule has 2 fully saturated rings. The summed E-state index contributed by atoms with van der Waals surface area (Å²) in [4.78, 5) is 20.5. The molecule has 3 aliphatic rings. The highest BCUT2D eigenvalue weighted by atomic mass is 32.2. The van der Waals surface area contributed by atoms with Crippen LogP contribution in [0.1, 0.15) is 89.0 Å². The van der Waals surface area contributed by atoms with Gasteiger partial charge in [-0.15, -0.1) is 0 Å². The lowest BCUT2D eigenvalue weighted by Gasteiger charge is -2.33. The summed E-state index contributed by atoms with van der Waals surface area (Å²) in [6.45, 7) is 0.443. The number of rotatable bonds is 9. The van der Waals surface area contributed by atoms with Crippen LogP contribution >= 0.6 is 0 Å². The first-order valence-corrected chi connectivity index (χ1v) is 14.6. The molecule has 1 aromatic carbocycles. The molecule has 8 heteroatoms. The Hall–Kier alpha value is -1.93. The number of hydrogen-bond acceptors (Lipinski definition) is 5. The number of carbonyl (C=O) groups is 1. The average molecular weight is 489 g/mol. The molecule has 7 nitrogen and oxygen atoms in total. The molecule has 1 heterocycles. The van der Waals surface area contributed by atoms with E-state index in [0.29, 0.717) is 30.8 Å². The van der Waals surface area contributed by atoms with Gasteiger partial charge >= 0.3 is 0 Å². The van der Waals surface area contributed by atoms with Crippen molar-refractivity contribution in [3.05, 3.63) is 29.8 Å². The Morgan fingerprint density at radius 3 is 2.12 bits per heavy atom. The lowest BCUT2D eigenvalue weighted by molar-refractivity contribution is -0.132. The molecule has 34 heavy (non-hydrogen) atoms. The fourth-order valence-electron chi connectivity index (χ4n) is 6.17. The Kier molecular flexibility index (Phi) is 7.97. The standard InChI is InChI=1S/C26H40N4O3S/c27-25-29-26(19-22-9-5-2-6-10-22,17-15-20-7-3-1-4-8-20)24(31)30(25)18-16-21-11-13-23(14-12-21)34(28,32)33/h11-14,20,22H,1-10,15-19H2,(H2,27,29)(H2,28,32,33)/t26-/m1/s1. The fourth-order valence-corrected chi connectivity index (χ4v) is 6.69. The van der Waals surface area contributed by atoms with Crippen molar-refractivity contribution < 1.29 is 13.2 Å². The largest absolute Gasteiger partial charge is 0.369 e. The van der Waals surface area contributed by atoms with Crippen LogP contribution in [-0.4, -0.2) is 37.3 Å². The normalized spacial score (nSPS) is 25.0. The number of aliphatic imine (C=N–C) groups is 1. The maximum Gasteiger partial charge on any atom is 0.257 e. The topological polar surface area (TPSA) is 119 Å². The summed E-state index contributed by atoms with van der Waals surface area (Å²) in [6.07, 6.45) is 15.9. The van der Waals surface area contributed by atoms with Crippen molar-refractivity contribution in [2.24, 2.45) is 27.7 Å². The van der Waals surface area contributed by atoms with Crippen LogP contribution in [0.15, 0.2) is 34.2 Å². The average Bonchev–Trinajstić information content (AvgIpc) is 3.06. The number of primary sulfonamides is 1. The molecule has 4 rings (SSSR count). The van der Waals surface area contributed by atoms with E-state index in [-0.39, 0.29) is 10.8 Å². The van der Waals surface area contributed by atoms with E-state index in [9.17, 15) is 13.2 Å². The Bertz CT molecular complexity index is 980. The minimum absolute atomic E-state index is 0.0625. The highest BCUT2D eigenvalue weighted by Crippen LogP contribution is 2.40. The summed E-state index contributed by atoms with van der Waals surface area (Å²) in [5.41, 5.74) is 6.59. The fraction of sp³-hybridized carbons (Fsp3) is 0.692. The summed E-state index contributed by atoms with van der Waals surface area (Å²) in [5.74, 6) is 1.65. The summed E-state index contributed by atoms with van der Waals surface area (Å²) < 4.78 is 23.0. The number of benzene rings is 1. The second-order valence-electron chi connectivity index (χ2n) is 10.6. The number of nitrogens with two attached hydrogens (primary N) is 2. The van der Waals surface area contributed by atoms with Crippen LogP contribution in [0.2, 0.25) is 0 Å². The maximum atomic E-state index is 13.8. The SMILES string of the molecule is NC1=N[C@](CCC2CCCCC2)(CC2CCCCC2)C(=O)N1CCc1ccc(S(N)(=O)=O)cc1. The van der Waals surface area contributed by atoms with Crippen molar-refractivity contribution in [3.8, 4) is 0 Å². The molecule has 1 atom stereocenters. The minimum atomic E-state index is -3.72. The van der Waals surface area contributed by atoms with E-state index in [4.69, 9.17) is 15.9 Å². The molecule has 188 valence electrons. The van der Waals surface area contributed by atoms with Gasteiger partial charge < -0.3 is 5.73 Å². The quantitative estimate of drug-likeness (QED) is 0.544. The van der Waals surface area contributed by atoms with E-state index in [1.54, 1.807) is 17.0 Å². The van der Waals surface area contributed by atoms with E-state index >= 15 is 0 Å². The molecule has 2 saturated carbocycles. The second kappa shape index (κ2) is 10.8. The van der Waals surface area contributed by atoms with Crippen LogP contribution in [0, 0.1) is 11.8 Å².